The average molecular weight is 363 g/mol. The van der Waals surface area contributed by atoms with Crippen LogP contribution in [0.5, 0.6) is 0 Å². The molecule has 1 amide bonds. The van der Waals surface area contributed by atoms with Gasteiger partial charge in [-0.1, -0.05) is 0 Å². The van der Waals surface area contributed by atoms with Gasteiger partial charge in [0, 0.05) is 6.42 Å². The summed E-state index contributed by atoms with van der Waals surface area (Å²) in [5.41, 5.74) is 0.609. The predicted molar refractivity (Wildman–Crippen MR) is 92.3 cm³/mol. The Hall–Kier alpha value is -1.38. The van der Waals surface area contributed by atoms with Gasteiger partial charge in [-0.15, -0.1) is 0 Å². The molecule has 0 rings (SSSR count). The molecular formula is C17H33NO7. The van der Waals surface area contributed by atoms with Crippen LogP contribution in [-0.4, -0.2) is 53.8 Å². The minimum Gasteiger partial charge on any atom is -0.480 e. The number of rotatable bonds is 11. The quantitative estimate of drug-likeness (QED) is 0.430. The number of hydrogen-bond donors (Lipinski definition) is 2. The van der Waals surface area contributed by atoms with Gasteiger partial charge in [0.25, 0.3) is 0 Å². The topological polar surface area (TPSA) is 103 Å². The van der Waals surface area contributed by atoms with Crippen molar-refractivity contribution >= 4 is 12.1 Å². The van der Waals surface area contributed by atoms with Crippen molar-refractivity contribution in [2.45, 2.75) is 78.1 Å². The lowest BCUT2D eigenvalue weighted by Gasteiger charge is -2.29. The van der Waals surface area contributed by atoms with Crippen LogP contribution in [0, 0.1) is 0 Å². The zero-order chi connectivity index (χ0) is 19.7. The molecule has 0 aromatic carbocycles. The maximum Gasteiger partial charge on any atom is 0.431 e. The summed E-state index contributed by atoms with van der Waals surface area (Å²) in [5, 5.41) is 8.64. The third kappa shape index (κ3) is 14.7. The monoisotopic (exact) mass is 363 g/mol. The third-order valence-corrected chi connectivity index (χ3v) is 3.14. The van der Waals surface area contributed by atoms with E-state index in [-0.39, 0.29) is 13.2 Å². The molecule has 0 saturated carbocycles. The molecule has 2 N–H and O–H groups in total. The maximum atomic E-state index is 11.4. The molecule has 0 aliphatic rings. The molecule has 0 atom stereocenters. The first-order valence-electron chi connectivity index (χ1n) is 8.33. The number of amides is 1. The molecule has 0 spiro atoms. The second-order valence-electron chi connectivity index (χ2n) is 8.00. The van der Waals surface area contributed by atoms with Crippen LogP contribution in [0.15, 0.2) is 0 Å². The fourth-order valence-corrected chi connectivity index (χ4v) is 1.68. The molecule has 8 heteroatoms. The van der Waals surface area contributed by atoms with Crippen LogP contribution in [0.2, 0.25) is 0 Å². The summed E-state index contributed by atoms with van der Waals surface area (Å²) < 4.78 is 16.2. The number of nitrogens with one attached hydrogen (secondary N) is 1. The van der Waals surface area contributed by atoms with Gasteiger partial charge in [0.1, 0.15) is 12.2 Å². The Kier molecular flexibility index (Phi) is 9.39. The molecule has 0 bridgehead atoms. The van der Waals surface area contributed by atoms with Crippen LogP contribution in [0.1, 0.15) is 61.3 Å². The highest BCUT2D eigenvalue weighted by Gasteiger charge is 2.24. The summed E-state index contributed by atoms with van der Waals surface area (Å²) in [6.45, 7) is 13.1. The molecule has 0 saturated heterocycles. The van der Waals surface area contributed by atoms with Crippen LogP contribution in [-0.2, 0) is 23.8 Å². The van der Waals surface area contributed by atoms with E-state index >= 15 is 0 Å². The minimum absolute atomic E-state index is 0.269. The van der Waals surface area contributed by atoms with E-state index in [1.165, 1.54) is 0 Å². The Morgan fingerprint density at radius 3 is 1.92 bits per heavy atom. The predicted octanol–water partition coefficient (Wildman–Crippen LogP) is 2.90. The highest BCUT2D eigenvalue weighted by atomic mass is 16.7. The van der Waals surface area contributed by atoms with E-state index in [1.54, 1.807) is 20.8 Å². The Morgan fingerprint density at radius 2 is 1.40 bits per heavy atom. The van der Waals surface area contributed by atoms with Crippen molar-refractivity contribution in [3.63, 3.8) is 0 Å². The summed E-state index contributed by atoms with van der Waals surface area (Å²) in [5.74, 6) is -0.996. The minimum atomic E-state index is -0.996. The highest BCUT2D eigenvalue weighted by Crippen LogP contribution is 2.19. The molecule has 0 aliphatic heterocycles. The van der Waals surface area contributed by atoms with Crippen LogP contribution < -0.4 is 5.48 Å². The SMILES string of the molecule is CC(C)(C)OC(=O)NOCCC(C)(C)OCCC(C)(C)OCC(=O)O. The maximum absolute atomic E-state index is 11.4. The van der Waals surface area contributed by atoms with Crippen LogP contribution in [0.3, 0.4) is 0 Å². The number of ether oxygens (including phenoxy) is 3. The zero-order valence-corrected chi connectivity index (χ0v) is 16.4. The van der Waals surface area contributed by atoms with Gasteiger partial charge < -0.3 is 19.3 Å². The van der Waals surface area contributed by atoms with Crippen molar-refractivity contribution in [1.29, 1.82) is 0 Å². The molecule has 0 radical (unpaired) electrons. The first kappa shape index (κ1) is 23.6. The van der Waals surface area contributed by atoms with E-state index in [2.05, 4.69) is 5.48 Å². The molecule has 0 heterocycles. The van der Waals surface area contributed by atoms with Crippen molar-refractivity contribution in [2.75, 3.05) is 19.8 Å². The second-order valence-corrected chi connectivity index (χ2v) is 8.00. The zero-order valence-electron chi connectivity index (χ0n) is 16.4. The van der Waals surface area contributed by atoms with Crippen LogP contribution in [0.25, 0.3) is 0 Å². The average Bonchev–Trinajstić information content (AvgIpc) is 2.39. The number of aliphatic carboxylic acids is 1. The van der Waals surface area contributed by atoms with Crippen molar-refractivity contribution in [1.82, 2.24) is 5.48 Å². The summed E-state index contributed by atoms with van der Waals surface area (Å²) in [4.78, 5) is 27.1. The van der Waals surface area contributed by atoms with E-state index in [1.807, 2.05) is 27.7 Å². The number of hydroxylamine groups is 1. The molecule has 0 unspecified atom stereocenters. The summed E-state index contributed by atoms with van der Waals surface area (Å²) >= 11 is 0. The lowest BCUT2D eigenvalue weighted by molar-refractivity contribution is -0.150. The van der Waals surface area contributed by atoms with Crippen molar-refractivity contribution in [2.24, 2.45) is 0 Å². The number of carbonyl (C=O) groups is 2. The normalized spacial score (nSPS) is 12.8. The van der Waals surface area contributed by atoms with E-state index in [0.29, 0.717) is 19.4 Å². The van der Waals surface area contributed by atoms with Gasteiger partial charge in [0.05, 0.1) is 24.4 Å². The van der Waals surface area contributed by atoms with Gasteiger partial charge in [-0.05, 0) is 54.9 Å². The van der Waals surface area contributed by atoms with E-state index in [0.717, 1.165) is 0 Å². The van der Waals surface area contributed by atoms with Gasteiger partial charge in [-0.25, -0.2) is 9.59 Å². The van der Waals surface area contributed by atoms with Gasteiger partial charge >= 0.3 is 12.1 Å². The molecular weight excluding hydrogens is 330 g/mol. The Balaban J connectivity index is 3.98. The number of carboxylic acids is 1. The van der Waals surface area contributed by atoms with E-state index in [9.17, 15) is 9.59 Å². The van der Waals surface area contributed by atoms with Crippen molar-refractivity contribution in [3.05, 3.63) is 0 Å². The molecule has 0 aromatic heterocycles. The Labute approximate surface area is 150 Å². The molecule has 0 aliphatic carbocycles. The van der Waals surface area contributed by atoms with Crippen LogP contribution >= 0.6 is 0 Å². The van der Waals surface area contributed by atoms with E-state index < -0.39 is 28.9 Å². The molecule has 0 aromatic rings. The Morgan fingerprint density at radius 1 is 0.880 bits per heavy atom. The molecule has 148 valence electrons. The van der Waals surface area contributed by atoms with E-state index in [4.69, 9.17) is 24.2 Å². The Bertz CT molecular complexity index is 427. The summed E-state index contributed by atoms with van der Waals surface area (Å²) in [6, 6.07) is 0. The van der Waals surface area contributed by atoms with Crippen molar-refractivity contribution in [3.8, 4) is 0 Å². The molecule has 25 heavy (non-hydrogen) atoms. The van der Waals surface area contributed by atoms with Gasteiger partial charge in [-0.3, -0.25) is 4.84 Å². The lowest BCUT2D eigenvalue weighted by Crippen LogP contribution is -2.35. The fraction of sp³-hybridized carbons (Fsp3) is 0.882. The van der Waals surface area contributed by atoms with Gasteiger partial charge in [0.2, 0.25) is 0 Å². The third-order valence-electron chi connectivity index (χ3n) is 3.14. The summed E-state index contributed by atoms with van der Waals surface area (Å²) in [7, 11) is 0. The number of carbonyl (C=O) groups excluding carboxylic acids is 1. The first-order chi connectivity index (χ1) is 11.2. The number of hydrogen-bond acceptors (Lipinski definition) is 6. The van der Waals surface area contributed by atoms with Gasteiger partial charge in [-0.2, -0.15) is 5.48 Å². The summed E-state index contributed by atoms with van der Waals surface area (Å²) in [6.07, 6.45) is 0.475. The van der Waals surface area contributed by atoms with Gasteiger partial charge in [0.15, 0.2) is 0 Å². The standard InChI is InChI=1S/C17H33NO7/c1-15(2,3)25-14(21)18-24-11-9-16(4,5)22-10-8-17(6,7)23-12-13(19)20/h8-12H2,1-7H3,(H,18,21)(H,19,20). The largest absolute Gasteiger partial charge is 0.480 e. The fourth-order valence-electron chi connectivity index (χ4n) is 1.68. The lowest BCUT2D eigenvalue weighted by atomic mass is 10.0. The molecule has 8 nitrogen and oxygen atoms in total. The first-order valence-corrected chi connectivity index (χ1v) is 8.33. The van der Waals surface area contributed by atoms with Crippen molar-refractivity contribution < 1.29 is 33.7 Å². The van der Waals surface area contributed by atoms with Crippen LogP contribution in [0.4, 0.5) is 4.79 Å². The number of carboxylic acid groups (broad SMARTS) is 1. The highest BCUT2D eigenvalue weighted by molar-refractivity contribution is 5.68. The second kappa shape index (κ2) is 9.94. The molecule has 0 fully saturated rings. The smallest absolute Gasteiger partial charge is 0.431 e.